The first-order valence-corrected chi connectivity index (χ1v) is 10.2. The highest BCUT2D eigenvalue weighted by Gasteiger charge is 2.94. The minimum Gasteiger partial charge on any atom is -0.458 e. The molecular formula is C21H33NO5. The van der Waals surface area contributed by atoms with E-state index in [9.17, 15) is 14.7 Å². The van der Waals surface area contributed by atoms with Crippen LogP contribution in [0.25, 0.3) is 0 Å². The van der Waals surface area contributed by atoms with E-state index in [2.05, 4.69) is 27.7 Å². The second-order valence-corrected chi connectivity index (χ2v) is 10.0. The van der Waals surface area contributed by atoms with Gasteiger partial charge in [-0.2, -0.15) is 0 Å². The molecule has 152 valence electrons. The zero-order valence-electron chi connectivity index (χ0n) is 17.4. The molecule has 1 amide bonds. The second kappa shape index (κ2) is 5.40. The summed E-state index contributed by atoms with van der Waals surface area (Å²) in [5, 5.41) is 11.2. The molecule has 1 saturated heterocycles. The Balaban J connectivity index is 1.92. The minimum atomic E-state index is -0.714. The highest BCUT2D eigenvalue weighted by Crippen LogP contribution is 2.87. The van der Waals surface area contributed by atoms with E-state index >= 15 is 0 Å². The highest BCUT2D eigenvalue weighted by molar-refractivity contribution is 5.71. The number of likely N-dealkylation sites (tertiary alicyclic amines) is 1. The van der Waals surface area contributed by atoms with Crippen molar-refractivity contribution in [2.75, 3.05) is 13.7 Å². The van der Waals surface area contributed by atoms with Gasteiger partial charge in [-0.05, 0) is 37.5 Å². The van der Waals surface area contributed by atoms with E-state index in [0.717, 1.165) is 12.8 Å². The van der Waals surface area contributed by atoms with Crippen LogP contribution in [-0.4, -0.2) is 53.5 Å². The van der Waals surface area contributed by atoms with E-state index in [-0.39, 0.29) is 28.9 Å². The summed E-state index contributed by atoms with van der Waals surface area (Å²) in [6, 6.07) is -0.00691. The number of fused-ring (bicyclic) bond motifs is 1. The average molecular weight is 379 g/mol. The number of ether oxygens (including phenoxy) is 2. The first kappa shape index (κ1) is 19.0. The van der Waals surface area contributed by atoms with E-state index in [1.54, 1.807) is 0 Å². The lowest BCUT2D eigenvalue weighted by atomic mass is 9.26. The van der Waals surface area contributed by atoms with Gasteiger partial charge in [0.05, 0.1) is 18.6 Å². The van der Waals surface area contributed by atoms with Crippen molar-refractivity contribution < 1.29 is 24.2 Å². The lowest BCUT2D eigenvalue weighted by Gasteiger charge is -2.78. The number of hydrogen-bond donors (Lipinski definition) is 1. The first-order valence-electron chi connectivity index (χ1n) is 10.2. The largest absolute Gasteiger partial charge is 0.458 e. The fourth-order valence-electron chi connectivity index (χ4n) is 8.17. The molecular weight excluding hydrogens is 346 g/mol. The molecule has 0 radical (unpaired) electrons. The molecule has 7 atom stereocenters. The monoisotopic (exact) mass is 379 g/mol. The van der Waals surface area contributed by atoms with Crippen molar-refractivity contribution in [3.8, 4) is 0 Å². The van der Waals surface area contributed by atoms with E-state index in [0.29, 0.717) is 31.2 Å². The molecule has 4 rings (SSSR count). The Labute approximate surface area is 161 Å². The molecule has 0 bridgehead atoms. The van der Waals surface area contributed by atoms with Gasteiger partial charge in [-0.3, -0.25) is 4.79 Å². The Morgan fingerprint density at radius 3 is 2.48 bits per heavy atom. The Bertz CT molecular complexity index is 694. The molecule has 0 aromatic carbocycles. The normalized spacial score (nSPS) is 50.1. The average Bonchev–Trinajstić information content (AvgIpc) is 3.02. The van der Waals surface area contributed by atoms with Crippen LogP contribution >= 0.6 is 0 Å². The summed E-state index contributed by atoms with van der Waals surface area (Å²) < 4.78 is 11.3. The topological polar surface area (TPSA) is 76.1 Å². The molecule has 1 heterocycles. The Morgan fingerprint density at radius 2 is 1.93 bits per heavy atom. The number of rotatable bonds is 2. The summed E-state index contributed by atoms with van der Waals surface area (Å²) in [4.78, 5) is 26.7. The fourth-order valence-corrected chi connectivity index (χ4v) is 8.17. The van der Waals surface area contributed by atoms with Crippen LogP contribution in [0.1, 0.15) is 60.3 Å². The van der Waals surface area contributed by atoms with Gasteiger partial charge >= 0.3 is 12.1 Å². The maximum atomic E-state index is 12.7. The SMILES string of the molecule is COC(=O)N1C[C@@]23[C@H](O)CC[C@]2(OC(C)=O)[C@@]2(C)C[C@@H](C(C)C)C[C@@H]1[C@]23C. The molecule has 1 spiro atoms. The number of amides is 1. The molecule has 1 aliphatic heterocycles. The summed E-state index contributed by atoms with van der Waals surface area (Å²) in [5.41, 5.74) is -1.90. The molecule has 1 N–H and O–H groups in total. The summed E-state index contributed by atoms with van der Waals surface area (Å²) in [5.74, 6) is 0.607. The van der Waals surface area contributed by atoms with Crippen LogP contribution in [-0.2, 0) is 14.3 Å². The molecule has 3 saturated carbocycles. The van der Waals surface area contributed by atoms with Crippen LogP contribution < -0.4 is 0 Å². The van der Waals surface area contributed by atoms with Crippen molar-refractivity contribution in [1.29, 1.82) is 0 Å². The van der Waals surface area contributed by atoms with Crippen molar-refractivity contribution in [2.24, 2.45) is 28.1 Å². The maximum absolute atomic E-state index is 12.7. The third kappa shape index (κ3) is 1.73. The zero-order chi connectivity index (χ0) is 20.0. The number of carbonyl (C=O) groups is 2. The predicted molar refractivity (Wildman–Crippen MR) is 98.8 cm³/mol. The highest BCUT2D eigenvalue weighted by atomic mass is 16.6. The van der Waals surface area contributed by atoms with E-state index in [1.807, 2.05) is 4.90 Å². The van der Waals surface area contributed by atoms with Gasteiger partial charge in [0.2, 0.25) is 0 Å². The lowest BCUT2D eigenvalue weighted by molar-refractivity contribution is -0.369. The molecule has 0 aromatic heterocycles. The van der Waals surface area contributed by atoms with E-state index < -0.39 is 17.1 Å². The Kier molecular flexibility index (Phi) is 3.81. The van der Waals surface area contributed by atoms with Crippen LogP contribution in [0.5, 0.6) is 0 Å². The standard InChI is InChI=1S/C21H33NO5/c1-12(2)14-9-15-19(5)18(4,10-14)21(27-13(3)23)8-7-16(24)20(19,21)11-22(15)17(25)26-6/h12,14-16,24H,7-11H2,1-6H3/t14-,15+,16+,18-,19+,20-,21-/m0/s1. The zero-order valence-corrected chi connectivity index (χ0v) is 17.4. The van der Waals surface area contributed by atoms with Crippen LogP contribution in [0.2, 0.25) is 0 Å². The summed E-state index contributed by atoms with van der Waals surface area (Å²) in [7, 11) is 1.41. The first-order chi connectivity index (χ1) is 12.5. The number of aliphatic hydroxyl groups excluding tert-OH is 1. The smallest absolute Gasteiger partial charge is 0.409 e. The third-order valence-electron chi connectivity index (χ3n) is 9.35. The van der Waals surface area contributed by atoms with Crippen molar-refractivity contribution in [2.45, 2.75) is 78.0 Å². The van der Waals surface area contributed by atoms with E-state index in [4.69, 9.17) is 9.47 Å². The van der Waals surface area contributed by atoms with Crippen LogP contribution in [0.4, 0.5) is 4.79 Å². The Hall–Kier alpha value is -1.30. The van der Waals surface area contributed by atoms with Gasteiger partial charge in [0, 0.05) is 30.3 Å². The quantitative estimate of drug-likeness (QED) is 0.747. The Morgan fingerprint density at radius 1 is 1.26 bits per heavy atom. The molecule has 4 aliphatic rings. The van der Waals surface area contributed by atoms with E-state index in [1.165, 1.54) is 14.0 Å². The van der Waals surface area contributed by atoms with Crippen LogP contribution in [0, 0.1) is 28.1 Å². The molecule has 6 nitrogen and oxygen atoms in total. The number of methoxy groups -OCH3 is 1. The summed E-state index contributed by atoms with van der Waals surface area (Å²) >= 11 is 0. The maximum Gasteiger partial charge on any atom is 0.409 e. The van der Waals surface area contributed by atoms with Gasteiger partial charge in [0.15, 0.2) is 0 Å². The van der Waals surface area contributed by atoms with Gasteiger partial charge < -0.3 is 19.5 Å². The van der Waals surface area contributed by atoms with Crippen molar-refractivity contribution in [1.82, 2.24) is 4.90 Å². The van der Waals surface area contributed by atoms with Crippen LogP contribution in [0.15, 0.2) is 0 Å². The third-order valence-corrected chi connectivity index (χ3v) is 9.35. The van der Waals surface area contributed by atoms with Gasteiger partial charge in [0.25, 0.3) is 0 Å². The second-order valence-electron chi connectivity index (χ2n) is 10.0. The number of aliphatic hydroxyl groups is 1. The molecule has 0 aromatic rings. The molecule has 27 heavy (non-hydrogen) atoms. The van der Waals surface area contributed by atoms with Gasteiger partial charge in [-0.25, -0.2) is 4.79 Å². The van der Waals surface area contributed by atoms with Gasteiger partial charge in [0.1, 0.15) is 5.60 Å². The lowest BCUT2D eigenvalue weighted by Crippen LogP contribution is -2.85. The van der Waals surface area contributed by atoms with Crippen molar-refractivity contribution >= 4 is 12.1 Å². The molecule has 6 heteroatoms. The number of esters is 1. The summed E-state index contributed by atoms with van der Waals surface area (Å²) in [6.07, 6.45) is 2.20. The van der Waals surface area contributed by atoms with Crippen molar-refractivity contribution in [3.63, 3.8) is 0 Å². The molecule has 0 unspecified atom stereocenters. The number of carbonyl (C=O) groups excluding carboxylic acids is 2. The predicted octanol–water partition coefficient (Wildman–Crippen LogP) is 2.97. The number of hydrogen-bond acceptors (Lipinski definition) is 5. The van der Waals surface area contributed by atoms with Crippen molar-refractivity contribution in [3.05, 3.63) is 0 Å². The molecule has 3 aliphatic carbocycles. The van der Waals surface area contributed by atoms with Gasteiger partial charge in [-0.15, -0.1) is 0 Å². The van der Waals surface area contributed by atoms with Crippen LogP contribution in [0.3, 0.4) is 0 Å². The minimum absolute atomic E-state index is 0.00691. The molecule has 4 fully saturated rings. The fraction of sp³-hybridized carbons (Fsp3) is 0.905. The number of nitrogens with zero attached hydrogens (tertiary/aromatic N) is 1. The summed E-state index contributed by atoms with van der Waals surface area (Å²) in [6.45, 7) is 10.8. The van der Waals surface area contributed by atoms with Gasteiger partial charge in [-0.1, -0.05) is 27.7 Å².